The fourth-order valence-electron chi connectivity index (χ4n) is 4.46. The molecule has 0 bridgehead atoms. The predicted octanol–water partition coefficient (Wildman–Crippen LogP) is 2.86. The van der Waals surface area contributed by atoms with Crippen molar-refractivity contribution >= 4 is 22.5 Å². The fourth-order valence-corrected chi connectivity index (χ4v) is 4.46. The van der Waals surface area contributed by atoms with Crippen molar-refractivity contribution in [1.29, 1.82) is 0 Å². The molecule has 2 N–H and O–H groups in total. The second-order valence-electron chi connectivity index (χ2n) is 7.65. The summed E-state index contributed by atoms with van der Waals surface area (Å²) in [6, 6.07) is 9.78. The molecule has 2 aromatic carbocycles. The van der Waals surface area contributed by atoms with E-state index in [1.807, 2.05) is 4.90 Å². The summed E-state index contributed by atoms with van der Waals surface area (Å²) in [4.78, 5) is 33.4. The van der Waals surface area contributed by atoms with Gasteiger partial charge < -0.3 is 10.2 Å². The number of urea groups is 1. The maximum Gasteiger partial charge on any atom is 0.309 e. The van der Waals surface area contributed by atoms with E-state index in [0.29, 0.717) is 33.5 Å². The zero-order valence-electron chi connectivity index (χ0n) is 17.8. The van der Waals surface area contributed by atoms with Crippen LogP contribution in [-0.2, 0) is 7.05 Å². The number of nitrogens with zero attached hydrogens (tertiary/aromatic N) is 8. The Labute approximate surface area is 190 Å². The van der Waals surface area contributed by atoms with Gasteiger partial charge in [0.05, 0.1) is 29.7 Å². The van der Waals surface area contributed by atoms with E-state index >= 15 is 0 Å². The van der Waals surface area contributed by atoms with Crippen LogP contribution in [0.3, 0.4) is 0 Å². The number of carbonyl (C=O) groups is 1. The van der Waals surface area contributed by atoms with Gasteiger partial charge in [0.25, 0.3) is 5.56 Å². The summed E-state index contributed by atoms with van der Waals surface area (Å²) in [5.74, 6) is -0.400. The molecule has 2 aromatic heterocycles. The molecule has 5 rings (SSSR count). The van der Waals surface area contributed by atoms with Crippen molar-refractivity contribution < 1.29 is 9.18 Å². The van der Waals surface area contributed by atoms with Gasteiger partial charge in [-0.15, -0.1) is 0 Å². The number of hydrogen-bond acceptors (Lipinski definition) is 6. The highest BCUT2D eigenvalue weighted by Crippen LogP contribution is 2.49. The third-order valence-corrected chi connectivity index (χ3v) is 5.85. The molecule has 0 radical (unpaired) electrons. The first-order chi connectivity index (χ1) is 16.5. The van der Waals surface area contributed by atoms with Crippen LogP contribution >= 0.6 is 0 Å². The molecule has 2 atom stereocenters. The number of azide groups is 1. The van der Waals surface area contributed by atoms with Crippen LogP contribution in [0.15, 0.2) is 58.7 Å². The van der Waals surface area contributed by atoms with Gasteiger partial charge in [0.1, 0.15) is 18.0 Å². The molecule has 170 valence electrons. The number of halogens is 1. The Hall–Kier alpha value is -4.77. The minimum absolute atomic E-state index is 0.0698. The predicted molar refractivity (Wildman–Crippen MR) is 119 cm³/mol. The number of aromatic nitrogens is 5. The van der Waals surface area contributed by atoms with Gasteiger partial charge in [-0.05, 0) is 35.4 Å². The van der Waals surface area contributed by atoms with Crippen LogP contribution in [0.2, 0.25) is 0 Å². The van der Waals surface area contributed by atoms with Crippen LogP contribution in [0.25, 0.3) is 21.2 Å². The van der Waals surface area contributed by atoms with Crippen LogP contribution in [0.5, 0.6) is 0 Å². The van der Waals surface area contributed by atoms with E-state index in [-0.39, 0.29) is 12.2 Å². The van der Waals surface area contributed by atoms with Crippen molar-refractivity contribution in [3.05, 3.63) is 92.5 Å². The SMILES string of the molecule is Cn1ncnc1[C@H]1c2n[nH]c(=O)c3cccc(c23)N(CNC(=O)N=[N+]=[N-])[C@@H]1c1ccc(F)cc1. The van der Waals surface area contributed by atoms with Gasteiger partial charge in [-0.3, -0.25) is 14.3 Å². The molecule has 0 unspecified atom stereocenters. The highest BCUT2D eigenvalue weighted by atomic mass is 19.1. The molecule has 1 aliphatic rings. The molecule has 3 heterocycles. The molecule has 0 aliphatic carbocycles. The normalized spacial score (nSPS) is 16.8. The number of benzene rings is 2. The summed E-state index contributed by atoms with van der Waals surface area (Å²) in [5, 5.41) is 17.8. The molecule has 34 heavy (non-hydrogen) atoms. The number of aromatic amines is 1. The maximum atomic E-state index is 13.8. The largest absolute Gasteiger partial charge is 0.345 e. The number of hydrogen-bond donors (Lipinski definition) is 2. The van der Waals surface area contributed by atoms with E-state index in [2.05, 4.69) is 35.6 Å². The summed E-state index contributed by atoms with van der Waals surface area (Å²) in [6.45, 7) is -0.0698. The minimum Gasteiger partial charge on any atom is -0.345 e. The van der Waals surface area contributed by atoms with Gasteiger partial charge in [-0.1, -0.05) is 18.2 Å². The van der Waals surface area contributed by atoms with E-state index in [9.17, 15) is 14.0 Å². The van der Waals surface area contributed by atoms with E-state index in [1.165, 1.54) is 18.5 Å². The standard InChI is InChI=1S/C21H17FN10O2/c1-31-19(24-9-26-31)16-17-15-13(20(33)28-27-17)3-2-4-14(15)32(10-25-21(34)29-30-23)18(16)11-5-7-12(22)8-6-11/h2-9,16,18H,10H2,1H3,(H,25,34)(H,28,33)/t16-,18+/m0/s1. The monoisotopic (exact) mass is 460 g/mol. The third-order valence-electron chi connectivity index (χ3n) is 5.85. The Kier molecular flexibility index (Phi) is 5.15. The lowest BCUT2D eigenvalue weighted by Crippen LogP contribution is -2.44. The fraction of sp³-hybridized carbons (Fsp3) is 0.190. The van der Waals surface area contributed by atoms with Crippen molar-refractivity contribution in [2.45, 2.75) is 12.0 Å². The number of aryl methyl sites for hydroxylation is 1. The van der Waals surface area contributed by atoms with Crippen molar-refractivity contribution in [1.82, 2.24) is 30.3 Å². The smallest absolute Gasteiger partial charge is 0.309 e. The minimum atomic E-state index is -0.863. The summed E-state index contributed by atoms with van der Waals surface area (Å²) < 4.78 is 15.4. The van der Waals surface area contributed by atoms with Gasteiger partial charge in [0, 0.05) is 28.1 Å². The van der Waals surface area contributed by atoms with Crippen molar-refractivity contribution in [2.24, 2.45) is 12.2 Å². The van der Waals surface area contributed by atoms with E-state index < -0.39 is 23.8 Å². The maximum absolute atomic E-state index is 13.8. The topological polar surface area (TPSA) is 158 Å². The third kappa shape index (κ3) is 3.40. The first-order valence-electron chi connectivity index (χ1n) is 10.2. The van der Waals surface area contributed by atoms with Crippen LogP contribution in [0.4, 0.5) is 14.9 Å². The van der Waals surface area contributed by atoms with Gasteiger partial charge >= 0.3 is 6.03 Å². The van der Waals surface area contributed by atoms with Gasteiger partial charge in [0.2, 0.25) is 0 Å². The highest BCUT2D eigenvalue weighted by Gasteiger charge is 2.42. The number of carbonyl (C=O) groups excluding carboxylic acids is 1. The average Bonchev–Trinajstić information content (AvgIpc) is 3.26. The van der Waals surface area contributed by atoms with Gasteiger partial charge in [0.15, 0.2) is 0 Å². The van der Waals surface area contributed by atoms with Crippen LogP contribution < -0.4 is 15.8 Å². The molecule has 0 fully saturated rings. The lowest BCUT2D eigenvalue weighted by Gasteiger charge is -2.42. The summed E-state index contributed by atoms with van der Waals surface area (Å²) in [6.07, 6.45) is 1.41. The van der Waals surface area contributed by atoms with Crippen LogP contribution in [0.1, 0.15) is 29.0 Å². The molecule has 12 nitrogen and oxygen atoms in total. The van der Waals surface area contributed by atoms with Crippen LogP contribution in [0, 0.1) is 5.82 Å². The zero-order valence-corrected chi connectivity index (χ0v) is 17.8. The molecule has 13 heteroatoms. The molecule has 4 aromatic rings. The molecule has 0 spiro atoms. The first kappa shape index (κ1) is 21.1. The Bertz CT molecular complexity index is 1510. The van der Waals surface area contributed by atoms with E-state index in [0.717, 1.165) is 0 Å². The first-order valence-corrected chi connectivity index (χ1v) is 10.2. The number of rotatable bonds is 4. The van der Waals surface area contributed by atoms with E-state index in [4.69, 9.17) is 5.53 Å². The molecule has 0 saturated heterocycles. The molecule has 0 saturated carbocycles. The Morgan fingerprint density at radius 1 is 1.29 bits per heavy atom. The van der Waals surface area contributed by atoms with Gasteiger partial charge in [-0.25, -0.2) is 14.5 Å². The number of H-pyrrole nitrogens is 1. The van der Waals surface area contributed by atoms with Crippen molar-refractivity contribution in [3.8, 4) is 0 Å². The molecule has 2 amide bonds. The quantitative estimate of drug-likeness (QED) is 0.271. The number of nitrogens with one attached hydrogen (secondary N) is 2. The summed E-state index contributed by atoms with van der Waals surface area (Å²) in [5.41, 5.74) is 10.1. The highest BCUT2D eigenvalue weighted by molar-refractivity contribution is 5.98. The molecule has 1 aliphatic heterocycles. The summed E-state index contributed by atoms with van der Waals surface area (Å²) in [7, 11) is 1.74. The Morgan fingerprint density at radius 3 is 2.79 bits per heavy atom. The summed E-state index contributed by atoms with van der Waals surface area (Å²) >= 11 is 0. The van der Waals surface area contributed by atoms with E-state index in [1.54, 1.807) is 42.1 Å². The van der Waals surface area contributed by atoms with Crippen molar-refractivity contribution in [2.75, 3.05) is 11.6 Å². The van der Waals surface area contributed by atoms with Crippen molar-refractivity contribution in [3.63, 3.8) is 0 Å². The number of anilines is 1. The Balaban J connectivity index is 1.79. The zero-order chi connectivity index (χ0) is 23.8. The molecular formula is C21H17FN10O2. The molecular weight excluding hydrogens is 443 g/mol. The Morgan fingerprint density at radius 2 is 2.09 bits per heavy atom. The average molecular weight is 460 g/mol. The number of amides is 2. The van der Waals surface area contributed by atoms with Gasteiger partial charge in [-0.2, -0.15) is 10.2 Å². The lowest BCUT2D eigenvalue weighted by molar-refractivity contribution is 0.248. The van der Waals surface area contributed by atoms with Crippen LogP contribution in [-0.4, -0.2) is 37.7 Å². The second kappa shape index (κ2) is 8.30. The second-order valence-corrected chi connectivity index (χ2v) is 7.65. The lowest BCUT2D eigenvalue weighted by atomic mass is 9.82.